The number of nitrogens with one attached hydrogen (secondary N) is 2. The fourth-order valence-corrected chi connectivity index (χ4v) is 2.13. The van der Waals surface area contributed by atoms with E-state index in [1.165, 1.54) is 24.5 Å². The molecule has 7 nitrogen and oxygen atoms in total. The minimum absolute atomic E-state index is 0.0541. The van der Waals surface area contributed by atoms with E-state index in [1.807, 2.05) is 24.3 Å². The Kier molecular flexibility index (Phi) is 3.84. The second-order valence-corrected chi connectivity index (χ2v) is 4.78. The highest BCUT2D eigenvalue weighted by atomic mass is 16.6. The van der Waals surface area contributed by atoms with Crippen LogP contribution in [0.3, 0.4) is 0 Å². The fraction of sp³-hybridized carbons (Fsp3) is 0. The van der Waals surface area contributed by atoms with E-state index >= 15 is 0 Å². The quantitative estimate of drug-likeness (QED) is 0.335. The van der Waals surface area contributed by atoms with Crippen LogP contribution in [0.15, 0.2) is 59.6 Å². The number of fused-ring (bicyclic) bond motifs is 1. The zero-order valence-electron chi connectivity index (χ0n) is 11.9. The van der Waals surface area contributed by atoms with Crippen LogP contribution in [0.2, 0.25) is 0 Å². The maximum absolute atomic E-state index is 12.0. The molecule has 1 aromatic heterocycles. The maximum Gasteiger partial charge on any atom is 0.272 e. The van der Waals surface area contributed by atoms with Gasteiger partial charge in [-0.1, -0.05) is 24.3 Å². The summed E-state index contributed by atoms with van der Waals surface area (Å²) in [5.41, 5.74) is 1.61. The van der Waals surface area contributed by atoms with Gasteiger partial charge in [0.25, 0.3) is 11.6 Å². The van der Waals surface area contributed by atoms with Crippen molar-refractivity contribution in [2.24, 2.45) is 4.99 Å². The molecule has 0 spiro atoms. The molecule has 0 aliphatic carbocycles. The average Bonchev–Trinajstić information content (AvgIpc) is 2.99. The topological polar surface area (TPSA) is 100 Å². The highest BCUT2D eigenvalue weighted by Crippen LogP contribution is 2.19. The molecule has 0 aliphatic rings. The standard InChI is InChI=1S/C16H12N4O3/c21-16(15-8-11-4-1-2-7-14(11)19-15)18-10-17-12-5-3-6-13(9-12)20(22)23/h1-10,19H,(H,17,18,21). The monoisotopic (exact) mass is 308 g/mol. The Bertz CT molecular complexity index is 881. The molecule has 0 bridgehead atoms. The van der Waals surface area contributed by atoms with Gasteiger partial charge in [-0.25, -0.2) is 4.99 Å². The third kappa shape index (κ3) is 3.24. The molecule has 0 radical (unpaired) electrons. The zero-order valence-corrected chi connectivity index (χ0v) is 11.9. The number of nitro groups is 1. The summed E-state index contributed by atoms with van der Waals surface area (Å²) in [7, 11) is 0. The van der Waals surface area contributed by atoms with Gasteiger partial charge in [0.05, 0.1) is 16.9 Å². The highest BCUT2D eigenvalue weighted by Gasteiger charge is 2.08. The number of carbonyl (C=O) groups excluding carboxylic acids is 1. The molecule has 23 heavy (non-hydrogen) atoms. The number of hydrogen-bond donors (Lipinski definition) is 2. The summed E-state index contributed by atoms with van der Waals surface area (Å²) < 4.78 is 0. The molecular formula is C16H12N4O3. The second-order valence-electron chi connectivity index (χ2n) is 4.78. The molecule has 0 fully saturated rings. The third-order valence-electron chi connectivity index (χ3n) is 3.22. The van der Waals surface area contributed by atoms with Crippen molar-refractivity contribution >= 4 is 34.5 Å². The van der Waals surface area contributed by atoms with Crippen LogP contribution in [0.5, 0.6) is 0 Å². The first-order valence-electron chi connectivity index (χ1n) is 6.79. The van der Waals surface area contributed by atoms with Gasteiger partial charge in [0.2, 0.25) is 0 Å². The summed E-state index contributed by atoms with van der Waals surface area (Å²) in [4.78, 5) is 29.2. The molecule has 0 unspecified atom stereocenters. The predicted octanol–water partition coefficient (Wildman–Crippen LogP) is 3.17. The van der Waals surface area contributed by atoms with Crippen LogP contribution in [0, 0.1) is 10.1 Å². The lowest BCUT2D eigenvalue weighted by Crippen LogP contribution is -2.21. The van der Waals surface area contributed by atoms with Gasteiger partial charge in [-0.2, -0.15) is 0 Å². The highest BCUT2D eigenvalue weighted by molar-refractivity contribution is 6.02. The molecule has 3 rings (SSSR count). The summed E-state index contributed by atoms with van der Waals surface area (Å²) in [6.45, 7) is 0. The van der Waals surface area contributed by atoms with E-state index in [-0.39, 0.29) is 11.6 Å². The minimum Gasteiger partial charge on any atom is -0.351 e. The zero-order chi connectivity index (χ0) is 16.2. The largest absolute Gasteiger partial charge is 0.351 e. The Morgan fingerprint density at radius 2 is 2.00 bits per heavy atom. The number of nitrogens with zero attached hydrogens (tertiary/aromatic N) is 2. The lowest BCUT2D eigenvalue weighted by atomic mass is 10.2. The molecule has 114 valence electrons. The molecule has 7 heteroatoms. The molecular weight excluding hydrogens is 296 g/mol. The average molecular weight is 308 g/mol. The fourth-order valence-electron chi connectivity index (χ4n) is 2.13. The normalized spacial score (nSPS) is 11.0. The second kappa shape index (κ2) is 6.10. The first-order chi connectivity index (χ1) is 11.1. The molecule has 2 N–H and O–H groups in total. The number of H-pyrrole nitrogens is 1. The first kappa shape index (κ1) is 14.5. The SMILES string of the molecule is O=C(NC=Nc1cccc([N+](=O)[O-])c1)c1cc2ccccc2[nH]1. The maximum atomic E-state index is 12.0. The Hall–Kier alpha value is -3.48. The lowest BCUT2D eigenvalue weighted by Gasteiger charge is -1.97. The minimum atomic E-state index is -0.498. The van der Waals surface area contributed by atoms with Gasteiger partial charge in [0.15, 0.2) is 0 Å². The number of rotatable bonds is 4. The van der Waals surface area contributed by atoms with Gasteiger partial charge in [0, 0.05) is 23.0 Å². The Labute approximate surface area is 130 Å². The molecule has 0 aliphatic heterocycles. The predicted molar refractivity (Wildman–Crippen MR) is 87.0 cm³/mol. The number of aromatic amines is 1. The summed E-state index contributed by atoms with van der Waals surface area (Å²) >= 11 is 0. The van der Waals surface area contributed by atoms with Gasteiger partial charge in [0.1, 0.15) is 5.69 Å². The van der Waals surface area contributed by atoms with Crippen LogP contribution < -0.4 is 5.32 Å². The molecule has 3 aromatic rings. The summed E-state index contributed by atoms with van der Waals surface area (Å²) in [6.07, 6.45) is 1.22. The number of para-hydroxylation sites is 1. The number of carbonyl (C=O) groups is 1. The molecule has 0 saturated heterocycles. The van der Waals surface area contributed by atoms with Gasteiger partial charge < -0.3 is 10.3 Å². The Morgan fingerprint density at radius 3 is 2.78 bits per heavy atom. The van der Waals surface area contributed by atoms with Gasteiger partial charge in [-0.15, -0.1) is 0 Å². The molecule has 0 atom stereocenters. The van der Waals surface area contributed by atoms with E-state index in [1.54, 1.807) is 12.1 Å². The van der Waals surface area contributed by atoms with Crippen LogP contribution in [0.4, 0.5) is 11.4 Å². The third-order valence-corrected chi connectivity index (χ3v) is 3.22. The Balaban J connectivity index is 1.71. The van der Waals surface area contributed by atoms with Crippen molar-refractivity contribution in [1.29, 1.82) is 0 Å². The van der Waals surface area contributed by atoms with Gasteiger partial charge in [-0.05, 0) is 18.2 Å². The van der Waals surface area contributed by atoms with Crippen LogP contribution in [0.25, 0.3) is 10.9 Å². The smallest absolute Gasteiger partial charge is 0.272 e. The number of amides is 1. The molecule has 0 saturated carbocycles. The van der Waals surface area contributed by atoms with Crippen LogP contribution >= 0.6 is 0 Å². The summed E-state index contributed by atoms with van der Waals surface area (Å²) in [5.74, 6) is -0.338. The van der Waals surface area contributed by atoms with Crippen LogP contribution in [0.1, 0.15) is 10.5 Å². The number of benzene rings is 2. The van der Waals surface area contributed by atoms with E-state index in [4.69, 9.17) is 0 Å². The lowest BCUT2D eigenvalue weighted by molar-refractivity contribution is -0.384. The summed E-state index contributed by atoms with van der Waals surface area (Å²) in [6, 6.07) is 15.1. The first-order valence-corrected chi connectivity index (χ1v) is 6.79. The van der Waals surface area contributed by atoms with E-state index in [9.17, 15) is 14.9 Å². The molecule has 2 aromatic carbocycles. The van der Waals surface area contributed by atoms with E-state index in [2.05, 4.69) is 15.3 Å². The van der Waals surface area contributed by atoms with E-state index < -0.39 is 4.92 Å². The number of aromatic nitrogens is 1. The molecule has 1 heterocycles. The summed E-state index contributed by atoms with van der Waals surface area (Å²) in [5, 5.41) is 14.1. The number of nitro benzene ring substituents is 1. The molecule has 1 amide bonds. The van der Waals surface area contributed by atoms with Crippen molar-refractivity contribution < 1.29 is 9.72 Å². The van der Waals surface area contributed by atoms with Crippen LogP contribution in [-0.2, 0) is 0 Å². The number of non-ortho nitro benzene ring substituents is 1. The van der Waals surface area contributed by atoms with Crippen molar-refractivity contribution in [3.8, 4) is 0 Å². The van der Waals surface area contributed by atoms with Gasteiger partial charge >= 0.3 is 0 Å². The number of hydrogen-bond acceptors (Lipinski definition) is 4. The van der Waals surface area contributed by atoms with Crippen molar-refractivity contribution in [1.82, 2.24) is 10.3 Å². The number of aliphatic imine (C=N–C) groups is 1. The van der Waals surface area contributed by atoms with Crippen molar-refractivity contribution in [2.75, 3.05) is 0 Å². The van der Waals surface area contributed by atoms with Crippen molar-refractivity contribution in [2.45, 2.75) is 0 Å². The van der Waals surface area contributed by atoms with Crippen molar-refractivity contribution in [3.05, 3.63) is 70.4 Å². The van der Waals surface area contributed by atoms with Crippen LogP contribution in [-0.4, -0.2) is 22.2 Å². The van der Waals surface area contributed by atoms with E-state index in [0.717, 1.165) is 10.9 Å². The van der Waals surface area contributed by atoms with Gasteiger partial charge in [-0.3, -0.25) is 14.9 Å². The van der Waals surface area contributed by atoms with Crippen molar-refractivity contribution in [3.63, 3.8) is 0 Å². The van der Waals surface area contributed by atoms with E-state index in [0.29, 0.717) is 11.4 Å². The Morgan fingerprint density at radius 1 is 1.17 bits per heavy atom.